The van der Waals surface area contributed by atoms with Crippen LogP contribution in [0.2, 0.25) is 0 Å². The maximum Gasteiger partial charge on any atom is 0.0692 e. The van der Waals surface area contributed by atoms with E-state index in [0.29, 0.717) is 0 Å². The van der Waals surface area contributed by atoms with Gasteiger partial charge in [0, 0.05) is 12.7 Å². The van der Waals surface area contributed by atoms with Gasteiger partial charge in [-0.25, -0.2) is 0 Å². The summed E-state index contributed by atoms with van der Waals surface area (Å²) in [7, 11) is 0. The number of nitrogens with zero attached hydrogens (tertiary/aromatic N) is 3. The van der Waals surface area contributed by atoms with Crippen molar-refractivity contribution in [1.82, 2.24) is 15.0 Å². The van der Waals surface area contributed by atoms with Gasteiger partial charge in [0.1, 0.15) is 0 Å². The Morgan fingerprint density at radius 1 is 1.36 bits per heavy atom. The van der Waals surface area contributed by atoms with E-state index in [1.807, 2.05) is 10.9 Å². The summed E-state index contributed by atoms with van der Waals surface area (Å²) in [4.78, 5) is 0. The molecule has 11 heavy (non-hydrogen) atoms. The van der Waals surface area contributed by atoms with Gasteiger partial charge in [-0.3, -0.25) is 4.68 Å². The Morgan fingerprint density at radius 2 is 2.18 bits per heavy atom. The lowest BCUT2D eigenvalue weighted by Crippen LogP contribution is -2.07. The van der Waals surface area contributed by atoms with E-state index in [9.17, 15) is 0 Å². The Hall–Kier alpha value is -0.860. The van der Waals surface area contributed by atoms with Crippen LogP contribution in [0.15, 0.2) is 12.4 Å². The molecule has 60 valence electrons. The second-order valence-corrected chi connectivity index (χ2v) is 3.28. The lowest BCUT2D eigenvalue weighted by molar-refractivity contribution is 0.421. The highest BCUT2D eigenvalue weighted by Crippen LogP contribution is 2.25. The zero-order valence-electron chi connectivity index (χ0n) is 6.61. The minimum atomic E-state index is 0.858. The smallest absolute Gasteiger partial charge is 0.0692 e. The first-order chi connectivity index (χ1) is 5.45. The Balaban J connectivity index is 1.90. The van der Waals surface area contributed by atoms with Gasteiger partial charge in [0.15, 0.2) is 0 Å². The molecule has 0 atom stereocenters. The van der Waals surface area contributed by atoms with Crippen molar-refractivity contribution in [3.63, 3.8) is 0 Å². The molecule has 0 radical (unpaired) electrons. The molecule has 3 nitrogen and oxygen atoms in total. The predicted octanol–water partition coefficient (Wildman–Crippen LogP) is 1.47. The Morgan fingerprint density at radius 3 is 2.82 bits per heavy atom. The van der Waals surface area contributed by atoms with E-state index in [2.05, 4.69) is 10.3 Å². The number of rotatable bonds is 2. The highest BCUT2D eigenvalue weighted by Gasteiger charge is 2.15. The molecule has 1 saturated carbocycles. The number of aromatic nitrogens is 3. The van der Waals surface area contributed by atoms with Crippen molar-refractivity contribution >= 4 is 0 Å². The van der Waals surface area contributed by atoms with E-state index in [-0.39, 0.29) is 0 Å². The van der Waals surface area contributed by atoms with Crippen LogP contribution in [0, 0.1) is 5.92 Å². The molecule has 0 aromatic carbocycles. The third kappa shape index (κ3) is 1.59. The maximum absolute atomic E-state index is 3.95. The SMILES string of the molecule is c1cn(CC2CCCC2)nn1. The van der Waals surface area contributed by atoms with Crippen LogP contribution >= 0.6 is 0 Å². The molecule has 1 aromatic heterocycles. The fourth-order valence-corrected chi connectivity index (χ4v) is 1.79. The Bertz CT molecular complexity index is 199. The molecule has 0 amide bonds. The molecule has 1 aliphatic carbocycles. The topological polar surface area (TPSA) is 30.7 Å². The van der Waals surface area contributed by atoms with Crippen LogP contribution in [-0.2, 0) is 6.54 Å². The Kier molecular flexibility index (Phi) is 1.88. The largest absolute Gasteiger partial charge is 0.252 e. The molecule has 0 aliphatic heterocycles. The average Bonchev–Trinajstić information content (AvgIpc) is 2.60. The summed E-state index contributed by atoms with van der Waals surface area (Å²) in [5.41, 5.74) is 0. The summed E-state index contributed by atoms with van der Waals surface area (Å²) in [6.07, 6.45) is 9.24. The normalized spacial score (nSPS) is 19.3. The van der Waals surface area contributed by atoms with E-state index < -0.39 is 0 Å². The van der Waals surface area contributed by atoms with Gasteiger partial charge < -0.3 is 0 Å². The third-order valence-electron chi connectivity index (χ3n) is 2.39. The molecule has 3 heteroatoms. The first kappa shape index (κ1) is 6.83. The molecule has 0 unspecified atom stereocenters. The second-order valence-electron chi connectivity index (χ2n) is 3.28. The third-order valence-corrected chi connectivity index (χ3v) is 2.39. The monoisotopic (exact) mass is 151 g/mol. The van der Waals surface area contributed by atoms with Crippen LogP contribution in [0.3, 0.4) is 0 Å². The summed E-state index contributed by atoms with van der Waals surface area (Å²) in [5.74, 6) is 0.858. The zero-order chi connectivity index (χ0) is 7.52. The van der Waals surface area contributed by atoms with Crippen molar-refractivity contribution < 1.29 is 0 Å². The van der Waals surface area contributed by atoms with Crippen LogP contribution in [0.25, 0.3) is 0 Å². The molecular formula is C8H13N3. The van der Waals surface area contributed by atoms with E-state index in [1.54, 1.807) is 6.20 Å². The van der Waals surface area contributed by atoms with Gasteiger partial charge >= 0.3 is 0 Å². The van der Waals surface area contributed by atoms with E-state index in [0.717, 1.165) is 12.5 Å². The second kappa shape index (κ2) is 3.03. The zero-order valence-corrected chi connectivity index (χ0v) is 6.61. The molecule has 1 aliphatic rings. The van der Waals surface area contributed by atoms with Crippen molar-refractivity contribution in [1.29, 1.82) is 0 Å². The van der Waals surface area contributed by atoms with Crippen molar-refractivity contribution in [2.45, 2.75) is 32.2 Å². The van der Waals surface area contributed by atoms with Gasteiger partial charge in [-0.15, -0.1) is 5.10 Å². The van der Waals surface area contributed by atoms with Crippen molar-refractivity contribution in [2.75, 3.05) is 0 Å². The van der Waals surface area contributed by atoms with Gasteiger partial charge in [0.05, 0.1) is 6.20 Å². The van der Waals surface area contributed by atoms with E-state index >= 15 is 0 Å². The fourth-order valence-electron chi connectivity index (χ4n) is 1.79. The van der Waals surface area contributed by atoms with Crippen LogP contribution in [0.1, 0.15) is 25.7 Å². The van der Waals surface area contributed by atoms with Gasteiger partial charge in [-0.2, -0.15) is 0 Å². The highest BCUT2D eigenvalue weighted by atomic mass is 15.4. The predicted molar refractivity (Wildman–Crippen MR) is 42.0 cm³/mol. The summed E-state index contributed by atoms with van der Waals surface area (Å²) < 4.78 is 1.94. The first-order valence-corrected chi connectivity index (χ1v) is 4.29. The molecule has 1 heterocycles. The van der Waals surface area contributed by atoms with Crippen LogP contribution in [0.4, 0.5) is 0 Å². The van der Waals surface area contributed by atoms with Gasteiger partial charge in [0.25, 0.3) is 0 Å². The summed E-state index contributed by atoms with van der Waals surface area (Å²) in [6.45, 7) is 1.07. The van der Waals surface area contributed by atoms with Gasteiger partial charge in [-0.1, -0.05) is 18.1 Å². The maximum atomic E-state index is 3.95. The Labute approximate surface area is 66.4 Å². The number of hydrogen-bond acceptors (Lipinski definition) is 2. The standard InChI is InChI=1S/C8H13N3/c1-2-4-8(3-1)7-11-6-5-9-10-11/h5-6,8H,1-4,7H2. The lowest BCUT2D eigenvalue weighted by atomic mass is 10.1. The van der Waals surface area contributed by atoms with Crippen LogP contribution < -0.4 is 0 Å². The van der Waals surface area contributed by atoms with Crippen molar-refractivity contribution in [2.24, 2.45) is 5.92 Å². The molecule has 0 bridgehead atoms. The lowest BCUT2D eigenvalue weighted by Gasteiger charge is -2.06. The molecule has 2 rings (SSSR count). The van der Waals surface area contributed by atoms with Crippen molar-refractivity contribution in [3.8, 4) is 0 Å². The molecule has 0 N–H and O–H groups in total. The van der Waals surface area contributed by atoms with Crippen LogP contribution in [0.5, 0.6) is 0 Å². The molecule has 0 spiro atoms. The quantitative estimate of drug-likeness (QED) is 0.640. The highest BCUT2D eigenvalue weighted by molar-refractivity contribution is 4.70. The minimum Gasteiger partial charge on any atom is -0.252 e. The fraction of sp³-hybridized carbons (Fsp3) is 0.750. The summed E-state index contributed by atoms with van der Waals surface area (Å²) >= 11 is 0. The van der Waals surface area contributed by atoms with E-state index in [1.165, 1.54) is 25.7 Å². The average molecular weight is 151 g/mol. The molecule has 1 fully saturated rings. The van der Waals surface area contributed by atoms with Crippen LogP contribution in [-0.4, -0.2) is 15.0 Å². The molecule has 0 saturated heterocycles. The summed E-state index contributed by atoms with van der Waals surface area (Å²) in [5, 5.41) is 7.72. The summed E-state index contributed by atoms with van der Waals surface area (Å²) in [6, 6.07) is 0. The minimum absolute atomic E-state index is 0.858. The number of hydrogen-bond donors (Lipinski definition) is 0. The van der Waals surface area contributed by atoms with E-state index in [4.69, 9.17) is 0 Å². The van der Waals surface area contributed by atoms with Gasteiger partial charge in [0.2, 0.25) is 0 Å². The van der Waals surface area contributed by atoms with Crippen molar-refractivity contribution in [3.05, 3.63) is 12.4 Å². The van der Waals surface area contributed by atoms with Gasteiger partial charge in [-0.05, 0) is 18.8 Å². The molecule has 1 aromatic rings. The first-order valence-electron chi connectivity index (χ1n) is 4.29. The molecular weight excluding hydrogens is 138 g/mol.